The molecule has 1 amide bonds. The molecule has 0 bridgehead atoms. The van der Waals surface area contributed by atoms with Crippen molar-refractivity contribution in [1.29, 1.82) is 5.26 Å². The summed E-state index contributed by atoms with van der Waals surface area (Å²) in [7, 11) is 0. The molecule has 0 saturated heterocycles. The van der Waals surface area contributed by atoms with E-state index >= 15 is 0 Å². The molecule has 3 rings (SSSR count). The first-order chi connectivity index (χ1) is 12.5. The molecule has 0 aliphatic heterocycles. The molecular weight excluding hydrogens is 436 g/mol. The fourth-order valence-corrected chi connectivity index (χ4v) is 4.33. The lowest BCUT2D eigenvalue weighted by molar-refractivity contribution is -0.113. The fraction of sp³-hybridized carbons (Fsp3) is 0.176. The Kier molecular flexibility index (Phi) is 5.76. The van der Waals surface area contributed by atoms with Gasteiger partial charge in [-0.2, -0.15) is 5.26 Å². The van der Waals surface area contributed by atoms with Gasteiger partial charge in [-0.1, -0.05) is 27.7 Å². The summed E-state index contributed by atoms with van der Waals surface area (Å²) in [5.74, 6) is -0.154. The highest BCUT2D eigenvalue weighted by molar-refractivity contribution is 9.10. The van der Waals surface area contributed by atoms with Crippen LogP contribution in [0, 0.1) is 11.3 Å². The summed E-state index contributed by atoms with van der Waals surface area (Å²) >= 11 is 5.86. The van der Waals surface area contributed by atoms with Gasteiger partial charge in [-0.3, -0.25) is 14.2 Å². The monoisotopic (exact) mass is 448 g/mol. The SMILES string of the molecule is CCn1c(SCC(=O)Nc2sccc2C#N)nc2ccc(Br)cc2c1=O. The lowest BCUT2D eigenvalue weighted by atomic mass is 10.2. The second-order valence-electron chi connectivity index (χ2n) is 5.22. The van der Waals surface area contributed by atoms with E-state index in [1.54, 1.807) is 28.1 Å². The third kappa shape index (κ3) is 3.82. The number of hydrogen-bond donors (Lipinski definition) is 1. The first kappa shape index (κ1) is 18.6. The van der Waals surface area contributed by atoms with Crippen molar-refractivity contribution in [3.8, 4) is 6.07 Å². The Labute approximate surface area is 166 Å². The van der Waals surface area contributed by atoms with Crippen LogP contribution >= 0.6 is 39.0 Å². The van der Waals surface area contributed by atoms with E-state index in [1.807, 2.05) is 19.1 Å². The van der Waals surface area contributed by atoms with Crippen molar-refractivity contribution in [3.05, 3.63) is 50.0 Å². The summed E-state index contributed by atoms with van der Waals surface area (Å²) in [6, 6.07) is 9.04. The standard InChI is InChI=1S/C17H13BrN4O2S2/c1-2-22-16(24)12-7-11(18)3-4-13(12)20-17(22)26-9-14(23)21-15-10(8-19)5-6-25-15/h3-7H,2,9H2,1H3,(H,21,23). The Hall–Kier alpha value is -2.15. The zero-order chi connectivity index (χ0) is 18.7. The van der Waals surface area contributed by atoms with Gasteiger partial charge in [0.2, 0.25) is 5.91 Å². The van der Waals surface area contributed by atoms with E-state index in [9.17, 15) is 9.59 Å². The van der Waals surface area contributed by atoms with Gasteiger partial charge in [-0.15, -0.1) is 11.3 Å². The number of carbonyl (C=O) groups excluding carboxylic acids is 1. The molecular formula is C17H13BrN4O2S2. The van der Waals surface area contributed by atoms with Crippen LogP contribution in [-0.2, 0) is 11.3 Å². The number of thioether (sulfide) groups is 1. The van der Waals surface area contributed by atoms with Crippen LogP contribution in [0.4, 0.5) is 5.00 Å². The highest BCUT2D eigenvalue weighted by atomic mass is 79.9. The molecule has 9 heteroatoms. The first-order valence-corrected chi connectivity index (χ1v) is 10.3. The number of amides is 1. The van der Waals surface area contributed by atoms with Crippen molar-refractivity contribution in [3.63, 3.8) is 0 Å². The smallest absolute Gasteiger partial charge is 0.262 e. The summed E-state index contributed by atoms with van der Waals surface area (Å²) in [5.41, 5.74) is 0.899. The number of rotatable bonds is 5. The van der Waals surface area contributed by atoms with Crippen molar-refractivity contribution in [2.45, 2.75) is 18.6 Å². The molecule has 0 unspecified atom stereocenters. The van der Waals surface area contributed by atoms with Gasteiger partial charge in [0.15, 0.2) is 5.16 Å². The molecule has 0 aliphatic carbocycles. The largest absolute Gasteiger partial charge is 0.316 e. The van der Waals surface area contributed by atoms with Crippen molar-refractivity contribution in [2.75, 3.05) is 11.1 Å². The van der Waals surface area contributed by atoms with Crippen LogP contribution in [0.15, 0.2) is 44.1 Å². The second-order valence-corrected chi connectivity index (χ2v) is 7.99. The molecule has 6 nitrogen and oxygen atoms in total. The molecule has 3 aromatic rings. The Morgan fingerprint density at radius 3 is 3.00 bits per heavy atom. The van der Waals surface area contributed by atoms with E-state index in [2.05, 4.69) is 26.2 Å². The average Bonchev–Trinajstić information content (AvgIpc) is 3.07. The van der Waals surface area contributed by atoms with Crippen LogP contribution in [-0.4, -0.2) is 21.2 Å². The Bertz CT molecular complexity index is 1080. The third-order valence-electron chi connectivity index (χ3n) is 3.57. The molecule has 0 aliphatic rings. The van der Waals surface area contributed by atoms with E-state index in [1.165, 1.54) is 23.1 Å². The summed E-state index contributed by atoms with van der Waals surface area (Å²) in [5, 5.41) is 15.0. The number of thiophene rings is 1. The van der Waals surface area contributed by atoms with Crippen molar-refractivity contribution in [2.24, 2.45) is 0 Å². The van der Waals surface area contributed by atoms with Crippen molar-refractivity contribution >= 4 is 60.8 Å². The molecule has 1 aromatic carbocycles. The van der Waals surface area contributed by atoms with Crippen LogP contribution in [0.3, 0.4) is 0 Å². The van der Waals surface area contributed by atoms with E-state index in [-0.39, 0.29) is 17.2 Å². The zero-order valence-electron chi connectivity index (χ0n) is 13.7. The second kappa shape index (κ2) is 8.03. The summed E-state index contributed by atoms with van der Waals surface area (Å²) in [6.45, 7) is 2.32. The van der Waals surface area contributed by atoms with E-state index in [0.717, 1.165) is 4.47 Å². The molecule has 2 aromatic heterocycles. The third-order valence-corrected chi connectivity index (χ3v) is 5.87. The number of anilines is 1. The lowest BCUT2D eigenvalue weighted by Gasteiger charge is -2.11. The minimum atomic E-state index is -0.248. The number of aromatic nitrogens is 2. The van der Waals surface area contributed by atoms with E-state index in [4.69, 9.17) is 5.26 Å². The molecule has 0 fully saturated rings. The highest BCUT2D eigenvalue weighted by Gasteiger charge is 2.14. The van der Waals surface area contributed by atoms with Crippen LogP contribution in [0.2, 0.25) is 0 Å². The predicted molar refractivity (Wildman–Crippen MR) is 108 cm³/mol. The van der Waals surface area contributed by atoms with Crippen molar-refractivity contribution < 1.29 is 4.79 Å². The van der Waals surface area contributed by atoms with Gasteiger partial charge in [0.05, 0.1) is 22.2 Å². The molecule has 0 spiro atoms. The minimum Gasteiger partial charge on any atom is -0.316 e. The van der Waals surface area contributed by atoms with Gasteiger partial charge >= 0.3 is 0 Å². The molecule has 132 valence electrons. The van der Waals surface area contributed by atoms with E-state index < -0.39 is 0 Å². The van der Waals surface area contributed by atoms with E-state index in [0.29, 0.717) is 33.2 Å². The number of nitrogens with zero attached hydrogens (tertiary/aromatic N) is 3. The number of halogens is 1. The molecule has 0 radical (unpaired) electrons. The molecule has 0 atom stereocenters. The number of hydrogen-bond acceptors (Lipinski definition) is 6. The molecule has 1 N–H and O–H groups in total. The normalized spacial score (nSPS) is 10.7. The summed E-state index contributed by atoms with van der Waals surface area (Å²) < 4.78 is 2.37. The molecule has 2 heterocycles. The Balaban J connectivity index is 1.82. The minimum absolute atomic E-state index is 0.0945. The number of nitriles is 1. The Morgan fingerprint density at radius 1 is 1.46 bits per heavy atom. The van der Waals surface area contributed by atoms with Gasteiger partial charge < -0.3 is 5.32 Å². The molecule has 26 heavy (non-hydrogen) atoms. The van der Waals surface area contributed by atoms with Gasteiger partial charge in [0.1, 0.15) is 11.1 Å². The predicted octanol–water partition coefficient (Wildman–Crippen LogP) is 3.84. The quantitative estimate of drug-likeness (QED) is 0.473. The van der Waals surface area contributed by atoms with Crippen molar-refractivity contribution in [1.82, 2.24) is 9.55 Å². The zero-order valence-corrected chi connectivity index (χ0v) is 16.9. The molecule has 0 saturated carbocycles. The van der Waals surface area contributed by atoms with Gasteiger partial charge in [0.25, 0.3) is 5.56 Å². The first-order valence-electron chi connectivity index (χ1n) is 7.63. The number of benzene rings is 1. The van der Waals surface area contributed by atoms with Gasteiger partial charge in [-0.25, -0.2) is 4.98 Å². The average molecular weight is 449 g/mol. The van der Waals surface area contributed by atoms with Crippen LogP contribution in [0.25, 0.3) is 10.9 Å². The topological polar surface area (TPSA) is 87.8 Å². The maximum absolute atomic E-state index is 12.7. The maximum atomic E-state index is 12.7. The number of carbonyl (C=O) groups is 1. The fourth-order valence-electron chi connectivity index (χ4n) is 2.35. The Morgan fingerprint density at radius 2 is 2.27 bits per heavy atom. The maximum Gasteiger partial charge on any atom is 0.262 e. The lowest BCUT2D eigenvalue weighted by Crippen LogP contribution is -2.23. The number of nitrogens with one attached hydrogen (secondary N) is 1. The summed E-state index contributed by atoms with van der Waals surface area (Å²) in [4.78, 5) is 29.4. The summed E-state index contributed by atoms with van der Waals surface area (Å²) in [6.07, 6.45) is 0. The van der Waals surface area contributed by atoms with Crippen LogP contribution in [0.1, 0.15) is 12.5 Å². The highest BCUT2D eigenvalue weighted by Crippen LogP contribution is 2.24. The van der Waals surface area contributed by atoms with Crippen LogP contribution in [0.5, 0.6) is 0 Å². The van der Waals surface area contributed by atoms with Gasteiger partial charge in [0, 0.05) is 11.0 Å². The van der Waals surface area contributed by atoms with Crippen LogP contribution < -0.4 is 10.9 Å². The number of fused-ring (bicyclic) bond motifs is 1. The van der Waals surface area contributed by atoms with Gasteiger partial charge in [-0.05, 0) is 36.6 Å².